The lowest BCUT2D eigenvalue weighted by Gasteiger charge is -2.04. The first-order chi connectivity index (χ1) is 11.1. The van der Waals surface area contributed by atoms with Gasteiger partial charge in [-0.1, -0.05) is 23.1 Å². The molecule has 1 N–H and O–H groups in total. The lowest BCUT2D eigenvalue weighted by atomic mass is 10.3. The topological polar surface area (TPSA) is 77.0 Å². The number of nitrogens with one attached hydrogen (secondary N) is 1. The molecule has 0 atom stereocenters. The highest BCUT2D eigenvalue weighted by Gasteiger charge is 2.16. The second-order valence-electron chi connectivity index (χ2n) is 4.36. The van der Waals surface area contributed by atoms with Crippen molar-refractivity contribution < 1.29 is 9.53 Å². The van der Waals surface area contributed by atoms with Gasteiger partial charge in [0.25, 0.3) is 5.91 Å². The van der Waals surface area contributed by atoms with E-state index in [0.29, 0.717) is 14.8 Å². The molecule has 1 aromatic carbocycles. The Morgan fingerprint density at radius 3 is 2.96 bits per heavy atom. The zero-order valence-electron chi connectivity index (χ0n) is 12.2. The van der Waals surface area contributed by atoms with Crippen LogP contribution >= 0.6 is 39.0 Å². The molecule has 0 aliphatic carbocycles. The summed E-state index contributed by atoms with van der Waals surface area (Å²) in [5.41, 5.74) is 1.08. The van der Waals surface area contributed by atoms with Crippen molar-refractivity contribution in [3.63, 3.8) is 0 Å². The molecule has 0 spiro atoms. The maximum Gasteiger partial charge on any atom is 0.277 e. The predicted molar refractivity (Wildman–Crippen MR) is 95.6 cm³/mol. The van der Waals surface area contributed by atoms with Crippen LogP contribution in [-0.2, 0) is 0 Å². The van der Waals surface area contributed by atoms with Crippen LogP contribution in [0.5, 0.6) is 5.75 Å². The summed E-state index contributed by atoms with van der Waals surface area (Å²) in [6.45, 7) is 0. The van der Waals surface area contributed by atoms with Crippen molar-refractivity contribution in [2.75, 3.05) is 18.7 Å². The largest absolute Gasteiger partial charge is 0.497 e. The quantitative estimate of drug-likeness (QED) is 0.520. The number of hydrogen-bond donors (Lipinski definition) is 1. The minimum absolute atomic E-state index is 0.279. The third-order valence-corrected chi connectivity index (χ3v) is 5.01. The summed E-state index contributed by atoms with van der Waals surface area (Å²) in [7, 11) is 1.61. The summed E-state index contributed by atoms with van der Waals surface area (Å²) < 4.78 is 6.66. The molecule has 0 saturated heterocycles. The van der Waals surface area contributed by atoms with Gasteiger partial charge in [0, 0.05) is 6.20 Å². The Bertz CT molecular complexity index is 884. The van der Waals surface area contributed by atoms with E-state index in [2.05, 4.69) is 36.2 Å². The van der Waals surface area contributed by atoms with Crippen LogP contribution in [0.25, 0.3) is 10.2 Å². The zero-order chi connectivity index (χ0) is 16.4. The fourth-order valence-electron chi connectivity index (χ4n) is 1.85. The summed E-state index contributed by atoms with van der Waals surface area (Å²) in [5, 5.41) is 3.82. The molecule has 0 radical (unpaired) electrons. The first kappa shape index (κ1) is 16.2. The van der Waals surface area contributed by atoms with E-state index >= 15 is 0 Å². The highest BCUT2D eigenvalue weighted by atomic mass is 79.9. The third kappa shape index (κ3) is 3.46. The zero-order valence-corrected chi connectivity index (χ0v) is 15.4. The van der Waals surface area contributed by atoms with Gasteiger partial charge in [0.2, 0.25) is 0 Å². The smallest absolute Gasteiger partial charge is 0.277 e. The number of methoxy groups -OCH3 is 1. The van der Waals surface area contributed by atoms with E-state index in [1.54, 1.807) is 13.3 Å². The Morgan fingerprint density at radius 2 is 2.22 bits per heavy atom. The van der Waals surface area contributed by atoms with Gasteiger partial charge < -0.3 is 4.74 Å². The molecule has 23 heavy (non-hydrogen) atoms. The van der Waals surface area contributed by atoms with E-state index in [1.165, 1.54) is 23.1 Å². The SMILES string of the molecule is COc1ccc2nc(NC(=O)c3nc(SC)ncc3Br)sc2c1. The number of amides is 1. The lowest BCUT2D eigenvalue weighted by Crippen LogP contribution is -2.15. The molecule has 3 aromatic rings. The standard InChI is InChI=1S/C14H11BrN4O2S2/c1-21-7-3-4-9-10(5-7)23-14(17-9)19-12(20)11-8(15)6-16-13(18-11)22-2/h3-6H,1-2H3,(H,17,19,20). The van der Waals surface area contributed by atoms with Gasteiger partial charge in [-0.15, -0.1) is 0 Å². The summed E-state index contributed by atoms with van der Waals surface area (Å²) in [4.78, 5) is 25.1. The number of carbonyl (C=O) groups excluding carboxylic acids is 1. The molecule has 0 aliphatic heterocycles. The second-order valence-corrected chi connectivity index (χ2v) is 7.02. The van der Waals surface area contributed by atoms with E-state index in [9.17, 15) is 4.79 Å². The Labute approximate surface area is 148 Å². The maximum atomic E-state index is 12.4. The predicted octanol–water partition coefficient (Wildman–Crippen LogP) is 3.83. The molecule has 2 heterocycles. The molecule has 118 valence electrons. The summed E-state index contributed by atoms with van der Waals surface area (Å²) in [6, 6.07) is 5.57. The third-order valence-electron chi connectivity index (χ3n) is 2.94. The van der Waals surface area contributed by atoms with Gasteiger partial charge in [-0.3, -0.25) is 10.1 Å². The first-order valence-electron chi connectivity index (χ1n) is 6.43. The van der Waals surface area contributed by atoms with Crippen LogP contribution in [0.1, 0.15) is 10.5 Å². The minimum atomic E-state index is -0.333. The molecule has 6 nitrogen and oxygen atoms in total. The molecular weight excluding hydrogens is 400 g/mol. The molecule has 2 aromatic heterocycles. The van der Waals surface area contributed by atoms with Gasteiger partial charge in [0.05, 0.1) is 21.8 Å². The van der Waals surface area contributed by atoms with Gasteiger partial charge in [-0.25, -0.2) is 15.0 Å². The number of benzene rings is 1. The molecule has 0 fully saturated rings. The molecule has 0 saturated carbocycles. The fourth-order valence-corrected chi connectivity index (χ4v) is 3.45. The molecule has 3 rings (SSSR count). The van der Waals surface area contributed by atoms with Gasteiger partial charge >= 0.3 is 0 Å². The number of thioether (sulfide) groups is 1. The summed E-state index contributed by atoms with van der Waals surface area (Å²) in [5.74, 6) is 0.419. The van der Waals surface area contributed by atoms with Crippen molar-refractivity contribution >= 4 is 60.3 Å². The van der Waals surface area contributed by atoms with Crippen LogP contribution < -0.4 is 10.1 Å². The highest BCUT2D eigenvalue weighted by Crippen LogP contribution is 2.29. The van der Waals surface area contributed by atoms with Crippen LogP contribution in [0.15, 0.2) is 34.0 Å². The summed E-state index contributed by atoms with van der Waals surface area (Å²) in [6.07, 6.45) is 3.42. The molecule has 0 bridgehead atoms. The number of nitrogens with zero attached hydrogens (tertiary/aromatic N) is 3. The number of ether oxygens (including phenoxy) is 1. The lowest BCUT2D eigenvalue weighted by molar-refractivity contribution is 0.102. The van der Waals surface area contributed by atoms with Gasteiger partial charge in [-0.05, 0) is 40.4 Å². The monoisotopic (exact) mass is 410 g/mol. The second kappa shape index (κ2) is 6.81. The first-order valence-corrected chi connectivity index (χ1v) is 9.26. The normalized spacial score (nSPS) is 10.7. The number of rotatable bonds is 4. The number of anilines is 1. The van der Waals surface area contributed by atoms with Crippen molar-refractivity contribution in [2.24, 2.45) is 0 Å². The number of thiazole rings is 1. The molecule has 0 unspecified atom stereocenters. The van der Waals surface area contributed by atoms with Crippen LogP contribution in [0.4, 0.5) is 5.13 Å². The van der Waals surface area contributed by atoms with Crippen molar-refractivity contribution in [1.82, 2.24) is 15.0 Å². The van der Waals surface area contributed by atoms with Gasteiger partial charge in [0.1, 0.15) is 11.4 Å². The average molecular weight is 411 g/mol. The Hall–Kier alpha value is -1.71. The van der Waals surface area contributed by atoms with Crippen LogP contribution in [-0.4, -0.2) is 34.2 Å². The number of hydrogen-bond acceptors (Lipinski definition) is 7. The molecule has 9 heteroatoms. The van der Waals surface area contributed by atoms with E-state index in [4.69, 9.17) is 4.74 Å². The Morgan fingerprint density at radius 1 is 1.39 bits per heavy atom. The van der Waals surface area contributed by atoms with Gasteiger partial charge in [-0.2, -0.15) is 0 Å². The number of fused-ring (bicyclic) bond motifs is 1. The summed E-state index contributed by atoms with van der Waals surface area (Å²) >= 11 is 6.05. The highest BCUT2D eigenvalue weighted by molar-refractivity contribution is 9.10. The van der Waals surface area contributed by atoms with E-state index in [0.717, 1.165) is 16.0 Å². The van der Waals surface area contributed by atoms with Crippen molar-refractivity contribution in [2.45, 2.75) is 5.16 Å². The Balaban J connectivity index is 1.88. The van der Waals surface area contributed by atoms with E-state index in [-0.39, 0.29) is 11.6 Å². The van der Waals surface area contributed by atoms with Crippen molar-refractivity contribution in [3.8, 4) is 5.75 Å². The minimum Gasteiger partial charge on any atom is -0.497 e. The maximum absolute atomic E-state index is 12.4. The van der Waals surface area contributed by atoms with Crippen LogP contribution in [0.3, 0.4) is 0 Å². The molecule has 0 aliphatic rings. The van der Waals surface area contributed by atoms with Crippen molar-refractivity contribution in [3.05, 3.63) is 34.6 Å². The Kier molecular flexibility index (Phi) is 4.79. The van der Waals surface area contributed by atoms with E-state index < -0.39 is 0 Å². The van der Waals surface area contributed by atoms with E-state index in [1.807, 2.05) is 24.5 Å². The number of carbonyl (C=O) groups is 1. The average Bonchev–Trinajstić information content (AvgIpc) is 2.96. The van der Waals surface area contributed by atoms with Crippen LogP contribution in [0.2, 0.25) is 0 Å². The number of halogens is 1. The van der Waals surface area contributed by atoms with Gasteiger partial charge in [0.15, 0.2) is 10.3 Å². The molecule has 1 amide bonds. The number of aromatic nitrogens is 3. The van der Waals surface area contributed by atoms with Crippen molar-refractivity contribution in [1.29, 1.82) is 0 Å². The van der Waals surface area contributed by atoms with Crippen LogP contribution in [0, 0.1) is 0 Å². The molecular formula is C14H11BrN4O2S2. The fraction of sp³-hybridized carbons (Fsp3) is 0.143.